The Balaban J connectivity index is 1.85. The smallest absolute Gasteiger partial charge is 0.491 e. The van der Waals surface area contributed by atoms with Gasteiger partial charge in [0, 0.05) is 50.9 Å². The topological polar surface area (TPSA) is 202 Å². The fourth-order valence-electron chi connectivity index (χ4n) is 5.32. The molecule has 51 heavy (non-hydrogen) atoms. The maximum atomic E-state index is 13.7. The van der Waals surface area contributed by atoms with Crippen LogP contribution in [0.15, 0.2) is 57.8 Å². The van der Waals surface area contributed by atoms with Gasteiger partial charge in [-0.1, -0.05) is 19.1 Å². The second kappa shape index (κ2) is 18.7. The van der Waals surface area contributed by atoms with Crippen LogP contribution in [0, 0.1) is 0 Å². The molecule has 2 amide bonds. The van der Waals surface area contributed by atoms with Crippen molar-refractivity contribution >= 4 is 33.1 Å². The number of carbonyl (C=O) groups is 2. The van der Waals surface area contributed by atoms with Gasteiger partial charge in [0.05, 0.1) is 0 Å². The number of carbonyl (C=O) groups excluding carboxylic acids is 2. The molecule has 1 aliphatic heterocycles. The summed E-state index contributed by atoms with van der Waals surface area (Å²) in [5.41, 5.74) is 5.30. The zero-order valence-corrected chi connectivity index (χ0v) is 29.2. The number of ether oxygens (including phenoxy) is 2. The van der Waals surface area contributed by atoms with Crippen molar-refractivity contribution in [2.45, 2.75) is 69.9 Å². The summed E-state index contributed by atoms with van der Waals surface area (Å²) in [6, 6.07) is 7.73. The molecule has 0 saturated carbocycles. The number of nitrogen functional groups attached to an aromatic ring is 1. The summed E-state index contributed by atoms with van der Waals surface area (Å²) < 4.78 is 67.9. The summed E-state index contributed by atoms with van der Waals surface area (Å²) in [6.45, 7) is 5.51. The van der Waals surface area contributed by atoms with E-state index in [1.165, 1.54) is 24.2 Å². The highest BCUT2D eigenvalue weighted by molar-refractivity contribution is 7.32. The minimum absolute atomic E-state index is 0.0157. The molecule has 0 bridgehead atoms. The first-order valence-corrected chi connectivity index (χ1v) is 16.9. The number of amides is 2. The average Bonchev–Trinajstić information content (AvgIpc) is 3.37. The largest absolute Gasteiger partial charge is 0.695 e. The van der Waals surface area contributed by atoms with E-state index in [0.717, 1.165) is 9.47 Å². The van der Waals surface area contributed by atoms with Crippen molar-refractivity contribution in [3.05, 3.63) is 64.1 Å². The number of nitrogens with two attached hydrogens (primary N) is 1. The van der Waals surface area contributed by atoms with Crippen molar-refractivity contribution in [2.75, 3.05) is 39.5 Å². The van der Waals surface area contributed by atoms with Crippen LogP contribution in [0.25, 0.3) is 0 Å². The van der Waals surface area contributed by atoms with Crippen LogP contribution in [0.1, 0.15) is 44.4 Å². The molecule has 3 rings (SSSR count). The molecule has 1 aromatic heterocycles. The number of halogens is 3. The van der Waals surface area contributed by atoms with E-state index in [4.69, 9.17) is 19.7 Å². The van der Waals surface area contributed by atoms with Crippen molar-refractivity contribution < 1.29 is 51.3 Å². The number of anilines is 1. The Morgan fingerprint density at radius 2 is 1.90 bits per heavy atom. The number of hydrogen-bond donors (Lipinski definition) is 3. The Bertz CT molecular complexity index is 1610. The van der Waals surface area contributed by atoms with Crippen molar-refractivity contribution in [2.24, 2.45) is 4.99 Å². The van der Waals surface area contributed by atoms with E-state index in [2.05, 4.69) is 16.7 Å². The number of aliphatic hydroxyl groups is 1. The second-order valence-corrected chi connectivity index (χ2v) is 12.3. The van der Waals surface area contributed by atoms with E-state index in [1.807, 2.05) is 6.92 Å². The number of unbranched alkanes of at least 4 members (excludes halogenated alkanes) is 1. The van der Waals surface area contributed by atoms with Crippen LogP contribution in [0.3, 0.4) is 0 Å². The van der Waals surface area contributed by atoms with Crippen LogP contribution in [0.2, 0.25) is 0 Å². The Morgan fingerprint density at radius 1 is 1.22 bits per heavy atom. The molecule has 0 radical (unpaired) electrons. The van der Waals surface area contributed by atoms with Gasteiger partial charge >= 0.3 is 20.1 Å². The van der Waals surface area contributed by atoms with Crippen molar-refractivity contribution in [3.63, 3.8) is 0 Å². The number of nitrogens with zero attached hydrogens (tertiary/aromatic N) is 6. The van der Waals surface area contributed by atoms with Crippen LogP contribution in [-0.4, -0.2) is 112 Å². The van der Waals surface area contributed by atoms with Crippen LogP contribution in [0.4, 0.5) is 19.0 Å². The molecule has 2 heterocycles. The third-order valence-electron chi connectivity index (χ3n) is 7.77. The molecular formula is C31H42F3N7O9P+. The molecule has 20 heteroatoms. The van der Waals surface area contributed by atoms with E-state index in [9.17, 15) is 42.1 Å². The first-order valence-electron chi connectivity index (χ1n) is 15.8. The fourth-order valence-corrected chi connectivity index (χ4v) is 5.79. The molecule has 2 aromatic rings. The summed E-state index contributed by atoms with van der Waals surface area (Å²) in [5.74, 6) is -0.334. The lowest BCUT2D eigenvalue weighted by atomic mass is 10.1. The molecule has 1 aliphatic rings. The molecule has 1 aromatic carbocycles. The van der Waals surface area contributed by atoms with E-state index in [-0.39, 0.29) is 49.9 Å². The van der Waals surface area contributed by atoms with Crippen molar-refractivity contribution in [1.82, 2.24) is 24.3 Å². The van der Waals surface area contributed by atoms with E-state index in [0.29, 0.717) is 30.7 Å². The van der Waals surface area contributed by atoms with Gasteiger partial charge in [-0.15, -0.1) is 9.42 Å². The van der Waals surface area contributed by atoms with Crippen LogP contribution in [-0.2, 0) is 30.0 Å². The molecule has 1 unspecified atom stereocenters. The minimum Gasteiger partial charge on any atom is -0.491 e. The van der Waals surface area contributed by atoms with Gasteiger partial charge in [0.15, 0.2) is 18.2 Å². The standard InChI is InChI=1S/C31H41F3N7O9P/c1-5-14-38(3)28(44)24(27(36-2)39(4)19-42)40(15-7-6-13-31(32,33)34)17-20-8-10-21(11-9-20)48-18-22-26(50-51(46)47)25(43)29(49-22)41-16-12-23(35)37-30(41)45/h8-12,16,19,22,25-26,29,43H,2,5-7,13-15,17-18H2,1,3-4H3,(H2-,35,37,45,46,47)/p+1/b27-24+/t22-,25-,26-,29-/m1/s1. The number of benzene rings is 1. The summed E-state index contributed by atoms with van der Waals surface area (Å²) >= 11 is 0. The van der Waals surface area contributed by atoms with Crippen LogP contribution >= 0.6 is 8.25 Å². The first kappa shape index (κ1) is 41.0. The lowest BCUT2D eigenvalue weighted by molar-refractivity contribution is -0.136. The number of alkyl halides is 3. The van der Waals surface area contributed by atoms with E-state index >= 15 is 0 Å². The molecule has 4 N–H and O–H groups in total. The minimum atomic E-state index is -4.35. The fraction of sp³-hybridized carbons (Fsp3) is 0.516. The zero-order valence-electron chi connectivity index (χ0n) is 28.3. The van der Waals surface area contributed by atoms with Crippen LogP contribution in [0.5, 0.6) is 5.75 Å². The summed E-state index contributed by atoms with van der Waals surface area (Å²) in [7, 11) is -0.229. The number of hydrogen-bond acceptors (Lipinski definition) is 12. The first-order chi connectivity index (χ1) is 24.1. The number of likely N-dealkylation sites (N-methyl/N-ethyl adjacent to an activating group) is 1. The highest BCUT2D eigenvalue weighted by Gasteiger charge is 2.50. The molecular weight excluding hydrogens is 702 g/mol. The predicted molar refractivity (Wildman–Crippen MR) is 178 cm³/mol. The van der Waals surface area contributed by atoms with Gasteiger partial charge in [-0.05, 0) is 49.7 Å². The maximum absolute atomic E-state index is 13.7. The summed E-state index contributed by atoms with van der Waals surface area (Å²) in [6.07, 6.45) is -8.56. The predicted octanol–water partition coefficient (Wildman–Crippen LogP) is 2.56. The highest BCUT2D eigenvalue weighted by Crippen LogP contribution is 2.36. The summed E-state index contributed by atoms with van der Waals surface area (Å²) in [4.78, 5) is 58.7. The quantitative estimate of drug-likeness (QED) is 0.0625. The molecule has 280 valence electrons. The van der Waals surface area contributed by atoms with Gasteiger partial charge in [0.25, 0.3) is 5.91 Å². The second-order valence-electron chi connectivity index (χ2n) is 11.6. The third-order valence-corrected chi connectivity index (χ3v) is 8.20. The van der Waals surface area contributed by atoms with Gasteiger partial charge < -0.3 is 35.0 Å². The Kier molecular flexibility index (Phi) is 15.0. The van der Waals surface area contributed by atoms with Gasteiger partial charge in [-0.3, -0.25) is 14.2 Å². The lowest BCUT2D eigenvalue weighted by Crippen LogP contribution is -2.39. The zero-order chi connectivity index (χ0) is 37.9. The number of rotatable bonds is 19. The Hall–Kier alpha value is -4.42. The van der Waals surface area contributed by atoms with E-state index < -0.39 is 57.0 Å². The summed E-state index contributed by atoms with van der Waals surface area (Å²) in [5, 5.41) is 10.8. The van der Waals surface area contributed by atoms with Crippen LogP contribution < -0.4 is 16.2 Å². The number of aliphatic imine (C=N–C) groups is 1. The normalized spacial score (nSPS) is 19.6. The molecule has 0 aliphatic carbocycles. The Labute approximate surface area is 292 Å². The molecule has 1 fully saturated rings. The highest BCUT2D eigenvalue weighted by atomic mass is 31.1. The van der Waals surface area contributed by atoms with Gasteiger partial charge in [0.2, 0.25) is 6.41 Å². The lowest BCUT2D eigenvalue weighted by Gasteiger charge is -2.32. The van der Waals surface area contributed by atoms with Gasteiger partial charge in [-0.2, -0.15) is 18.2 Å². The van der Waals surface area contributed by atoms with Gasteiger partial charge in [-0.25, -0.2) is 9.79 Å². The molecule has 0 spiro atoms. The maximum Gasteiger partial charge on any atom is 0.695 e. The Morgan fingerprint density at radius 3 is 2.47 bits per heavy atom. The van der Waals surface area contributed by atoms with E-state index in [1.54, 1.807) is 36.2 Å². The van der Waals surface area contributed by atoms with Gasteiger partial charge in [0.1, 0.15) is 36.1 Å². The average molecular weight is 745 g/mol. The molecule has 5 atom stereocenters. The number of aromatic nitrogens is 2. The van der Waals surface area contributed by atoms with Crippen molar-refractivity contribution in [1.29, 1.82) is 0 Å². The SMILES string of the molecule is C=N/C(=C(/C(=O)N(C)CCC)N(CCCCC(F)(F)F)Cc1ccc(OC[C@H]2O[C@@H](n3ccc(N)nc3=O)[C@H](O)[C@@H]2O[P+](=O)O)cc1)N(C)C=O. The van der Waals surface area contributed by atoms with Crippen molar-refractivity contribution in [3.8, 4) is 5.75 Å². The molecule has 16 nitrogen and oxygen atoms in total. The monoisotopic (exact) mass is 744 g/mol. The number of aliphatic hydroxyl groups excluding tert-OH is 1. The third kappa shape index (κ3) is 11.5. The molecule has 1 saturated heterocycles.